The number of hydrogen-bond acceptors (Lipinski definition) is 6. The zero-order valence-electron chi connectivity index (χ0n) is 8.34. The molecule has 0 heterocycles. The first-order valence-corrected chi connectivity index (χ1v) is 4.70. The summed E-state index contributed by atoms with van der Waals surface area (Å²) in [5.41, 5.74) is -1.64. The lowest BCUT2D eigenvalue weighted by Gasteiger charge is -2.35. The van der Waals surface area contributed by atoms with Gasteiger partial charge in [0.25, 0.3) is 0 Å². The van der Waals surface area contributed by atoms with Crippen molar-refractivity contribution in [1.82, 2.24) is 0 Å². The predicted octanol–water partition coefficient (Wildman–Crippen LogP) is -2.86. The summed E-state index contributed by atoms with van der Waals surface area (Å²) in [6, 6.07) is 0. The van der Waals surface area contributed by atoms with Crippen LogP contribution in [0.2, 0.25) is 0 Å². The summed E-state index contributed by atoms with van der Waals surface area (Å²) in [6.07, 6.45) is 0.974. The number of aliphatic hydroxyl groups is 1. The molecule has 1 aliphatic carbocycles. The lowest BCUT2D eigenvalue weighted by molar-refractivity contribution is -0.317. The predicted molar refractivity (Wildman–Crippen MR) is 46.5 cm³/mol. The summed E-state index contributed by atoms with van der Waals surface area (Å²) in [4.78, 5) is 32.1. The number of rotatable bonds is 4. The Bertz CT molecular complexity index is 358. The molecule has 0 saturated heterocycles. The molecule has 2 atom stereocenters. The van der Waals surface area contributed by atoms with E-state index in [1.165, 1.54) is 6.08 Å². The molecule has 0 aromatic carbocycles. The molecule has 0 aromatic heterocycles. The van der Waals surface area contributed by atoms with E-state index in [-0.39, 0.29) is 12.8 Å². The van der Waals surface area contributed by atoms with Gasteiger partial charge in [-0.25, -0.2) is 0 Å². The molecule has 0 spiro atoms. The van der Waals surface area contributed by atoms with Crippen LogP contribution in [0.1, 0.15) is 19.3 Å². The maximum Gasteiger partial charge on any atom is 0.179 e. The molecule has 0 radical (unpaired) electrons. The Morgan fingerprint density at radius 3 is 2.38 bits per heavy atom. The Kier molecular flexibility index (Phi) is 3.44. The van der Waals surface area contributed by atoms with Crippen molar-refractivity contribution in [2.45, 2.75) is 25.4 Å². The van der Waals surface area contributed by atoms with Gasteiger partial charge in [-0.05, 0) is 12.8 Å². The first-order valence-electron chi connectivity index (χ1n) is 4.70. The summed E-state index contributed by atoms with van der Waals surface area (Å²) >= 11 is 0. The van der Waals surface area contributed by atoms with E-state index in [9.17, 15) is 24.6 Å². The van der Waals surface area contributed by atoms with E-state index in [0.717, 1.165) is 6.08 Å². The Morgan fingerprint density at radius 1 is 1.38 bits per heavy atom. The Labute approximate surface area is 91.2 Å². The zero-order valence-corrected chi connectivity index (χ0v) is 8.34. The minimum Gasteiger partial charge on any atom is -0.549 e. The SMILES string of the molecule is O=C([O-])C(=O)C[C@]1(C(=O)[O-])C=C[C@H](O)CC1. The summed E-state index contributed by atoms with van der Waals surface area (Å²) in [7, 11) is 0. The lowest BCUT2D eigenvalue weighted by Crippen LogP contribution is -2.46. The molecule has 88 valence electrons. The van der Waals surface area contributed by atoms with Crippen molar-refractivity contribution in [1.29, 1.82) is 0 Å². The second-order valence-corrected chi connectivity index (χ2v) is 3.80. The van der Waals surface area contributed by atoms with Crippen molar-refractivity contribution < 1.29 is 29.7 Å². The number of ketones is 1. The van der Waals surface area contributed by atoms with Crippen molar-refractivity contribution >= 4 is 17.7 Å². The van der Waals surface area contributed by atoms with E-state index in [2.05, 4.69) is 0 Å². The molecular formula is C10H10O6-2. The minimum atomic E-state index is -1.92. The molecule has 0 amide bonds. The van der Waals surface area contributed by atoms with Crippen LogP contribution in [0.4, 0.5) is 0 Å². The zero-order chi connectivity index (χ0) is 12.3. The highest BCUT2D eigenvalue weighted by Gasteiger charge is 2.34. The minimum absolute atomic E-state index is 0.0357. The fourth-order valence-corrected chi connectivity index (χ4v) is 1.63. The van der Waals surface area contributed by atoms with Gasteiger partial charge in [0.05, 0.1) is 12.1 Å². The Hall–Kier alpha value is -1.69. The van der Waals surface area contributed by atoms with Gasteiger partial charge in [-0.15, -0.1) is 0 Å². The molecule has 1 N–H and O–H groups in total. The molecule has 0 fully saturated rings. The normalized spacial score (nSPS) is 28.7. The van der Waals surface area contributed by atoms with E-state index >= 15 is 0 Å². The van der Waals surface area contributed by atoms with Gasteiger partial charge in [-0.1, -0.05) is 12.2 Å². The standard InChI is InChI=1S/C10H12O6/c11-6-1-3-10(4-2-6,9(15)16)5-7(12)8(13)14/h1,3,6,11H,2,4-5H2,(H,13,14)(H,15,16)/p-2/t6-,10-/m0/s1. The maximum absolute atomic E-state index is 11.0. The summed E-state index contributed by atoms with van der Waals surface area (Å²) in [5.74, 6) is -4.73. The summed E-state index contributed by atoms with van der Waals surface area (Å²) < 4.78 is 0. The van der Waals surface area contributed by atoms with E-state index < -0.39 is 35.7 Å². The number of carboxylic acids is 2. The third-order valence-corrected chi connectivity index (χ3v) is 2.63. The van der Waals surface area contributed by atoms with Crippen molar-refractivity contribution in [3.63, 3.8) is 0 Å². The van der Waals surface area contributed by atoms with Gasteiger partial charge < -0.3 is 24.9 Å². The first kappa shape index (κ1) is 12.4. The summed E-state index contributed by atoms with van der Waals surface area (Å²) in [6.45, 7) is 0. The highest BCUT2D eigenvalue weighted by Crippen LogP contribution is 2.34. The smallest absolute Gasteiger partial charge is 0.179 e. The largest absolute Gasteiger partial charge is 0.549 e. The van der Waals surface area contributed by atoms with E-state index in [0.29, 0.717) is 0 Å². The Morgan fingerprint density at radius 2 is 2.00 bits per heavy atom. The second kappa shape index (κ2) is 4.44. The molecule has 16 heavy (non-hydrogen) atoms. The van der Waals surface area contributed by atoms with Crippen molar-refractivity contribution in [2.24, 2.45) is 5.41 Å². The fraction of sp³-hybridized carbons (Fsp3) is 0.500. The maximum atomic E-state index is 11.0. The molecule has 0 bridgehead atoms. The highest BCUT2D eigenvalue weighted by molar-refractivity contribution is 6.32. The monoisotopic (exact) mass is 226 g/mol. The van der Waals surface area contributed by atoms with Gasteiger partial charge >= 0.3 is 0 Å². The quantitative estimate of drug-likeness (QED) is 0.407. The molecule has 1 rings (SSSR count). The number of carbonyl (C=O) groups is 3. The van der Waals surface area contributed by atoms with Crippen LogP contribution >= 0.6 is 0 Å². The van der Waals surface area contributed by atoms with Crippen LogP contribution < -0.4 is 10.2 Å². The van der Waals surface area contributed by atoms with Crippen LogP contribution in [0, 0.1) is 5.41 Å². The number of carboxylic acid groups (broad SMARTS) is 2. The molecule has 0 aliphatic heterocycles. The third-order valence-electron chi connectivity index (χ3n) is 2.63. The van der Waals surface area contributed by atoms with Gasteiger partial charge in [0.1, 0.15) is 5.97 Å². The van der Waals surface area contributed by atoms with Gasteiger partial charge in [0.15, 0.2) is 5.78 Å². The molecule has 6 nitrogen and oxygen atoms in total. The van der Waals surface area contributed by atoms with Crippen LogP contribution in [-0.4, -0.2) is 28.9 Å². The molecule has 0 saturated carbocycles. The van der Waals surface area contributed by atoms with Crippen LogP contribution in [0.5, 0.6) is 0 Å². The summed E-state index contributed by atoms with van der Waals surface area (Å²) in [5, 5.41) is 30.3. The molecule has 0 unspecified atom stereocenters. The molecule has 6 heteroatoms. The second-order valence-electron chi connectivity index (χ2n) is 3.80. The van der Waals surface area contributed by atoms with E-state index in [1.54, 1.807) is 0 Å². The van der Waals surface area contributed by atoms with Crippen molar-refractivity contribution in [3.05, 3.63) is 12.2 Å². The molecule has 0 aromatic rings. The number of aliphatic carboxylic acids is 2. The van der Waals surface area contributed by atoms with Gasteiger partial charge in [-0.3, -0.25) is 4.79 Å². The average Bonchev–Trinajstić information content (AvgIpc) is 2.21. The Balaban J connectivity index is 2.91. The number of aliphatic hydroxyl groups excluding tert-OH is 1. The van der Waals surface area contributed by atoms with Crippen LogP contribution in [0.25, 0.3) is 0 Å². The van der Waals surface area contributed by atoms with Gasteiger partial charge in [0, 0.05) is 11.8 Å². The van der Waals surface area contributed by atoms with Gasteiger partial charge in [-0.2, -0.15) is 0 Å². The number of hydrogen-bond donors (Lipinski definition) is 1. The van der Waals surface area contributed by atoms with Crippen LogP contribution in [0.15, 0.2) is 12.2 Å². The fourth-order valence-electron chi connectivity index (χ4n) is 1.63. The molecular weight excluding hydrogens is 216 g/mol. The van der Waals surface area contributed by atoms with Gasteiger partial charge in [0.2, 0.25) is 0 Å². The number of Topliss-reactive ketones (excluding diaryl/α,β-unsaturated/α-hetero) is 1. The van der Waals surface area contributed by atoms with E-state index in [1.807, 2.05) is 0 Å². The van der Waals surface area contributed by atoms with Crippen LogP contribution in [-0.2, 0) is 14.4 Å². The topological polar surface area (TPSA) is 118 Å². The lowest BCUT2D eigenvalue weighted by atomic mass is 9.74. The van der Waals surface area contributed by atoms with Crippen LogP contribution in [0.3, 0.4) is 0 Å². The first-order chi connectivity index (χ1) is 7.37. The molecule has 1 aliphatic rings. The third kappa shape index (κ3) is 2.46. The average molecular weight is 226 g/mol. The number of carbonyl (C=O) groups excluding carboxylic acids is 3. The highest BCUT2D eigenvalue weighted by atomic mass is 16.4. The van der Waals surface area contributed by atoms with Crippen molar-refractivity contribution in [3.8, 4) is 0 Å². The van der Waals surface area contributed by atoms with Crippen molar-refractivity contribution in [2.75, 3.05) is 0 Å². The van der Waals surface area contributed by atoms with E-state index in [4.69, 9.17) is 5.11 Å².